The average molecular weight is 150 g/mol. The first-order valence-electron chi connectivity index (χ1n) is 4.58. The van der Waals surface area contributed by atoms with E-state index in [4.69, 9.17) is 0 Å². The topological polar surface area (TPSA) is 0 Å². The van der Waals surface area contributed by atoms with E-state index >= 15 is 0 Å². The second kappa shape index (κ2) is 4.38. The summed E-state index contributed by atoms with van der Waals surface area (Å²) in [7, 11) is 0. The lowest BCUT2D eigenvalue weighted by atomic mass is 10.00. The van der Waals surface area contributed by atoms with E-state index in [1.54, 1.807) is 0 Å². The number of hydrogen-bond donors (Lipinski definition) is 0. The van der Waals surface area contributed by atoms with E-state index in [1.165, 1.54) is 32.1 Å². The SMILES string of the molecule is C=CCC1CCC(CC=C)C1. The van der Waals surface area contributed by atoms with Crippen LogP contribution in [0.2, 0.25) is 0 Å². The van der Waals surface area contributed by atoms with Crippen LogP contribution in [0.1, 0.15) is 32.1 Å². The third-order valence-corrected chi connectivity index (χ3v) is 2.65. The molecule has 0 spiro atoms. The molecule has 62 valence electrons. The molecular formula is C11H18. The zero-order valence-electron chi connectivity index (χ0n) is 7.26. The Kier molecular flexibility index (Phi) is 3.41. The molecule has 0 radical (unpaired) electrons. The Morgan fingerprint density at radius 2 is 1.45 bits per heavy atom. The Morgan fingerprint density at radius 1 is 1.00 bits per heavy atom. The van der Waals surface area contributed by atoms with Gasteiger partial charge in [0.1, 0.15) is 0 Å². The van der Waals surface area contributed by atoms with E-state index in [0.29, 0.717) is 0 Å². The van der Waals surface area contributed by atoms with Crippen molar-refractivity contribution in [1.29, 1.82) is 0 Å². The molecule has 11 heavy (non-hydrogen) atoms. The van der Waals surface area contributed by atoms with Crippen molar-refractivity contribution < 1.29 is 0 Å². The van der Waals surface area contributed by atoms with Crippen molar-refractivity contribution in [1.82, 2.24) is 0 Å². The van der Waals surface area contributed by atoms with Crippen LogP contribution in [0.3, 0.4) is 0 Å². The fraction of sp³-hybridized carbons (Fsp3) is 0.636. The summed E-state index contributed by atoms with van der Waals surface area (Å²) in [6.07, 6.45) is 10.8. The Balaban J connectivity index is 2.22. The summed E-state index contributed by atoms with van der Waals surface area (Å²) in [6, 6.07) is 0. The maximum Gasteiger partial charge on any atom is -0.0325 e. The molecule has 0 aromatic carbocycles. The van der Waals surface area contributed by atoms with Crippen LogP contribution in [0.25, 0.3) is 0 Å². The Bertz CT molecular complexity index is 119. The van der Waals surface area contributed by atoms with E-state index in [1.807, 2.05) is 0 Å². The Hall–Kier alpha value is -0.520. The molecule has 0 N–H and O–H groups in total. The van der Waals surface area contributed by atoms with Crippen LogP contribution in [0.4, 0.5) is 0 Å². The van der Waals surface area contributed by atoms with Gasteiger partial charge in [-0.2, -0.15) is 0 Å². The smallest absolute Gasteiger partial charge is 0.0325 e. The van der Waals surface area contributed by atoms with Crippen LogP contribution in [0.5, 0.6) is 0 Å². The minimum atomic E-state index is 0.928. The highest BCUT2D eigenvalue weighted by Crippen LogP contribution is 2.35. The van der Waals surface area contributed by atoms with Gasteiger partial charge in [-0.05, 0) is 43.9 Å². The van der Waals surface area contributed by atoms with Crippen LogP contribution >= 0.6 is 0 Å². The van der Waals surface area contributed by atoms with Gasteiger partial charge >= 0.3 is 0 Å². The minimum absolute atomic E-state index is 0.928. The van der Waals surface area contributed by atoms with Crippen molar-refractivity contribution >= 4 is 0 Å². The predicted octanol–water partition coefficient (Wildman–Crippen LogP) is 3.55. The van der Waals surface area contributed by atoms with Crippen molar-refractivity contribution in [2.45, 2.75) is 32.1 Å². The first-order chi connectivity index (χ1) is 5.36. The van der Waals surface area contributed by atoms with Crippen molar-refractivity contribution in [3.05, 3.63) is 25.3 Å². The van der Waals surface area contributed by atoms with Crippen molar-refractivity contribution in [2.75, 3.05) is 0 Å². The Morgan fingerprint density at radius 3 is 1.82 bits per heavy atom. The summed E-state index contributed by atoms with van der Waals surface area (Å²) in [5.74, 6) is 1.86. The Labute approximate surface area is 70.0 Å². The van der Waals surface area contributed by atoms with Crippen LogP contribution in [0, 0.1) is 11.8 Å². The molecule has 1 aliphatic carbocycles. The molecule has 0 aliphatic heterocycles. The largest absolute Gasteiger partial charge is 0.103 e. The first kappa shape index (κ1) is 8.58. The molecular weight excluding hydrogens is 132 g/mol. The summed E-state index contributed by atoms with van der Waals surface area (Å²) in [5.41, 5.74) is 0. The fourth-order valence-corrected chi connectivity index (χ4v) is 2.08. The highest BCUT2D eigenvalue weighted by atomic mass is 14.3. The molecule has 0 heterocycles. The standard InChI is InChI=1S/C11H18/c1-3-5-10-7-8-11(9-10)6-4-2/h3-4,10-11H,1-2,5-9H2. The lowest BCUT2D eigenvalue weighted by molar-refractivity contribution is 0.499. The molecule has 0 amide bonds. The van der Waals surface area contributed by atoms with Gasteiger partial charge in [-0.3, -0.25) is 0 Å². The second-order valence-electron chi connectivity index (χ2n) is 3.59. The third-order valence-electron chi connectivity index (χ3n) is 2.65. The van der Waals surface area contributed by atoms with Gasteiger partial charge in [-0.15, -0.1) is 13.2 Å². The van der Waals surface area contributed by atoms with Crippen LogP contribution in [-0.2, 0) is 0 Å². The van der Waals surface area contributed by atoms with Crippen molar-refractivity contribution in [2.24, 2.45) is 11.8 Å². The fourth-order valence-electron chi connectivity index (χ4n) is 2.08. The van der Waals surface area contributed by atoms with Gasteiger partial charge in [0.25, 0.3) is 0 Å². The number of rotatable bonds is 4. The lowest BCUT2D eigenvalue weighted by Gasteiger charge is -2.06. The van der Waals surface area contributed by atoms with Gasteiger partial charge in [0.15, 0.2) is 0 Å². The highest BCUT2D eigenvalue weighted by Gasteiger charge is 2.21. The molecule has 2 unspecified atom stereocenters. The highest BCUT2D eigenvalue weighted by molar-refractivity contribution is 4.84. The summed E-state index contributed by atoms with van der Waals surface area (Å²) in [5, 5.41) is 0. The van der Waals surface area contributed by atoms with Gasteiger partial charge in [0.05, 0.1) is 0 Å². The summed E-state index contributed by atoms with van der Waals surface area (Å²) in [4.78, 5) is 0. The summed E-state index contributed by atoms with van der Waals surface area (Å²) in [6.45, 7) is 7.55. The van der Waals surface area contributed by atoms with E-state index in [-0.39, 0.29) is 0 Å². The van der Waals surface area contributed by atoms with Crippen molar-refractivity contribution in [3.63, 3.8) is 0 Å². The molecule has 2 atom stereocenters. The molecule has 0 aromatic heterocycles. The third kappa shape index (κ3) is 2.53. The maximum atomic E-state index is 3.78. The molecule has 0 heteroatoms. The van der Waals surface area contributed by atoms with Crippen LogP contribution in [0.15, 0.2) is 25.3 Å². The number of allylic oxidation sites excluding steroid dienone is 2. The normalized spacial score (nSPS) is 30.2. The monoisotopic (exact) mass is 150 g/mol. The average Bonchev–Trinajstić information content (AvgIpc) is 2.38. The molecule has 0 saturated heterocycles. The van der Waals surface area contributed by atoms with Gasteiger partial charge in [-0.25, -0.2) is 0 Å². The maximum absolute atomic E-state index is 3.78. The van der Waals surface area contributed by atoms with Gasteiger partial charge in [-0.1, -0.05) is 12.2 Å². The number of hydrogen-bond acceptors (Lipinski definition) is 0. The van der Waals surface area contributed by atoms with Gasteiger partial charge in [0.2, 0.25) is 0 Å². The zero-order chi connectivity index (χ0) is 8.10. The van der Waals surface area contributed by atoms with Crippen LogP contribution in [-0.4, -0.2) is 0 Å². The first-order valence-corrected chi connectivity index (χ1v) is 4.58. The van der Waals surface area contributed by atoms with Gasteiger partial charge < -0.3 is 0 Å². The minimum Gasteiger partial charge on any atom is -0.103 e. The zero-order valence-corrected chi connectivity index (χ0v) is 7.26. The molecule has 1 rings (SSSR count). The summed E-state index contributed by atoms with van der Waals surface area (Å²) < 4.78 is 0. The molecule has 0 bridgehead atoms. The van der Waals surface area contributed by atoms with E-state index in [0.717, 1.165) is 11.8 Å². The molecule has 1 saturated carbocycles. The van der Waals surface area contributed by atoms with Gasteiger partial charge in [0, 0.05) is 0 Å². The summed E-state index contributed by atoms with van der Waals surface area (Å²) >= 11 is 0. The molecule has 1 aliphatic rings. The van der Waals surface area contributed by atoms with E-state index in [2.05, 4.69) is 25.3 Å². The second-order valence-corrected chi connectivity index (χ2v) is 3.59. The van der Waals surface area contributed by atoms with Crippen molar-refractivity contribution in [3.8, 4) is 0 Å². The lowest BCUT2D eigenvalue weighted by Crippen LogP contribution is -1.93. The quantitative estimate of drug-likeness (QED) is 0.537. The molecule has 0 nitrogen and oxygen atoms in total. The molecule has 0 aromatic rings. The van der Waals surface area contributed by atoms with Crippen LogP contribution < -0.4 is 0 Å². The van der Waals surface area contributed by atoms with E-state index in [9.17, 15) is 0 Å². The predicted molar refractivity (Wildman–Crippen MR) is 50.5 cm³/mol. The van der Waals surface area contributed by atoms with E-state index < -0.39 is 0 Å². The molecule has 1 fully saturated rings.